The Hall–Kier alpha value is -2.93. The molecule has 7 heteroatoms. The zero-order valence-electron chi connectivity index (χ0n) is 18.6. The molecule has 7 nitrogen and oxygen atoms in total. The van der Waals surface area contributed by atoms with Gasteiger partial charge in [-0.15, -0.1) is 0 Å². The van der Waals surface area contributed by atoms with Crippen molar-refractivity contribution >= 4 is 18.1 Å². The summed E-state index contributed by atoms with van der Waals surface area (Å²) >= 11 is 0. The van der Waals surface area contributed by atoms with E-state index in [2.05, 4.69) is 15.8 Å². The number of ether oxygens (including phenoxy) is 1. The van der Waals surface area contributed by atoms with E-state index in [4.69, 9.17) is 4.74 Å². The van der Waals surface area contributed by atoms with Crippen molar-refractivity contribution in [1.82, 2.24) is 15.3 Å². The van der Waals surface area contributed by atoms with Gasteiger partial charge in [0, 0.05) is 23.0 Å². The number of hydrazone groups is 1. The van der Waals surface area contributed by atoms with E-state index >= 15 is 0 Å². The number of nitrogens with one attached hydrogen (secondary N) is 2. The first-order chi connectivity index (χ1) is 15.0. The lowest BCUT2D eigenvalue weighted by atomic mass is 9.95. The summed E-state index contributed by atoms with van der Waals surface area (Å²) in [6.07, 6.45) is 7.66. The second kappa shape index (κ2) is 10.9. The Morgan fingerprint density at radius 2 is 1.94 bits per heavy atom. The molecular formula is C24H32N4O3. The van der Waals surface area contributed by atoms with E-state index in [1.807, 2.05) is 42.7 Å². The number of benzene rings is 1. The zero-order chi connectivity index (χ0) is 22.2. The SMILES string of the molecule is CCOC(=O)c1ccccc1-n1c(C)cc(/C=N\NC(=O)CNC2CCCCC2)c1C. The van der Waals surface area contributed by atoms with Crippen molar-refractivity contribution in [2.24, 2.45) is 5.10 Å². The number of para-hydroxylation sites is 1. The summed E-state index contributed by atoms with van der Waals surface area (Å²) in [5, 5.41) is 7.44. The molecular weight excluding hydrogens is 392 g/mol. The van der Waals surface area contributed by atoms with Gasteiger partial charge in [-0.1, -0.05) is 31.4 Å². The molecule has 2 N–H and O–H groups in total. The van der Waals surface area contributed by atoms with E-state index in [1.54, 1.807) is 19.2 Å². The summed E-state index contributed by atoms with van der Waals surface area (Å²) < 4.78 is 7.20. The first kappa shape index (κ1) is 22.7. The maximum Gasteiger partial charge on any atom is 0.340 e. The van der Waals surface area contributed by atoms with Gasteiger partial charge in [-0.3, -0.25) is 4.79 Å². The highest BCUT2D eigenvalue weighted by Gasteiger charge is 2.17. The second-order valence-electron chi connectivity index (χ2n) is 7.91. The van der Waals surface area contributed by atoms with Gasteiger partial charge in [0.25, 0.3) is 5.91 Å². The molecule has 1 amide bonds. The number of esters is 1. The van der Waals surface area contributed by atoms with Gasteiger partial charge in [-0.05, 0) is 51.8 Å². The Balaban J connectivity index is 1.68. The summed E-state index contributed by atoms with van der Waals surface area (Å²) in [6.45, 7) is 6.32. The monoisotopic (exact) mass is 424 g/mol. The molecule has 3 rings (SSSR count). The third-order valence-electron chi connectivity index (χ3n) is 5.66. The van der Waals surface area contributed by atoms with Crippen LogP contribution in [0.3, 0.4) is 0 Å². The molecule has 1 aromatic carbocycles. The predicted octanol–water partition coefficient (Wildman–Crippen LogP) is 3.64. The van der Waals surface area contributed by atoms with Gasteiger partial charge in [-0.25, -0.2) is 10.2 Å². The van der Waals surface area contributed by atoms with Crippen molar-refractivity contribution in [3.63, 3.8) is 0 Å². The van der Waals surface area contributed by atoms with Gasteiger partial charge in [0.15, 0.2) is 0 Å². The lowest BCUT2D eigenvalue weighted by molar-refractivity contribution is -0.120. The highest BCUT2D eigenvalue weighted by Crippen LogP contribution is 2.23. The van der Waals surface area contributed by atoms with Gasteiger partial charge >= 0.3 is 5.97 Å². The van der Waals surface area contributed by atoms with Crippen LogP contribution in [0.15, 0.2) is 35.4 Å². The number of amides is 1. The third-order valence-corrected chi connectivity index (χ3v) is 5.66. The van der Waals surface area contributed by atoms with Crippen LogP contribution < -0.4 is 10.7 Å². The molecule has 0 radical (unpaired) electrons. The summed E-state index contributed by atoms with van der Waals surface area (Å²) in [5.74, 6) is -0.498. The van der Waals surface area contributed by atoms with Gasteiger partial charge in [0.05, 0.1) is 30.6 Å². The molecule has 31 heavy (non-hydrogen) atoms. The van der Waals surface area contributed by atoms with Crippen molar-refractivity contribution in [3.8, 4) is 5.69 Å². The Kier molecular flexibility index (Phi) is 8.00. The van der Waals surface area contributed by atoms with Gasteiger partial charge < -0.3 is 14.6 Å². The Morgan fingerprint density at radius 1 is 1.19 bits per heavy atom. The van der Waals surface area contributed by atoms with Crippen LogP contribution in [0, 0.1) is 13.8 Å². The molecule has 166 valence electrons. The number of carbonyl (C=O) groups is 2. The minimum Gasteiger partial charge on any atom is -0.462 e. The van der Waals surface area contributed by atoms with E-state index in [0.29, 0.717) is 18.2 Å². The van der Waals surface area contributed by atoms with E-state index < -0.39 is 0 Å². The lowest BCUT2D eigenvalue weighted by Crippen LogP contribution is -2.38. The van der Waals surface area contributed by atoms with Crippen molar-refractivity contribution in [1.29, 1.82) is 0 Å². The quantitative estimate of drug-likeness (QED) is 0.385. The van der Waals surface area contributed by atoms with Crippen LogP contribution in [0.5, 0.6) is 0 Å². The fourth-order valence-electron chi connectivity index (χ4n) is 4.10. The highest BCUT2D eigenvalue weighted by molar-refractivity contribution is 5.94. The van der Waals surface area contributed by atoms with Gasteiger partial charge in [0.1, 0.15) is 0 Å². The fraction of sp³-hybridized carbons (Fsp3) is 0.458. The van der Waals surface area contributed by atoms with Crippen LogP contribution >= 0.6 is 0 Å². The molecule has 0 unspecified atom stereocenters. The molecule has 0 aliphatic heterocycles. The molecule has 1 saturated carbocycles. The van der Waals surface area contributed by atoms with Crippen molar-refractivity contribution in [2.45, 2.75) is 58.9 Å². The normalized spacial score (nSPS) is 14.7. The minimum absolute atomic E-state index is 0.150. The number of carbonyl (C=O) groups excluding carboxylic acids is 2. The van der Waals surface area contributed by atoms with Crippen molar-refractivity contribution in [3.05, 3.63) is 52.8 Å². The maximum atomic E-state index is 12.4. The van der Waals surface area contributed by atoms with E-state index in [9.17, 15) is 9.59 Å². The second-order valence-corrected chi connectivity index (χ2v) is 7.91. The fourth-order valence-corrected chi connectivity index (χ4v) is 4.10. The average molecular weight is 425 g/mol. The lowest BCUT2D eigenvalue weighted by Gasteiger charge is -2.22. The Morgan fingerprint density at radius 3 is 2.68 bits per heavy atom. The largest absolute Gasteiger partial charge is 0.462 e. The number of rotatable bonds is 8. The Bertz CT molecular complexity index is 942. The van der Waals surface area contributed by atoms with E-state index in [1.165, 1.54) is 19.3 Å². The third kappa shape index (κ3) is 5.82. The van der Waals surface area contributed by atoms with Crippen LogP contribution in [0.1, 0.15) is 66.3 Å². The average Bonchev–Trinajstić information content (AvgIpc) is 3.06. The molecule has 1 aromatic heterocycles. The van der Waals surface area contributed by atoms with Gasteiger partial charge in [-0.2, -0.15) is 5.10 Å². The van der Waals surface area contributed by atoms with Crippen LogP contribution in [0.25, 0.3) is 5.69 Å². The van der Waals surface area contributed by atoms with Crippen LogP contribution in [-0.4, -0.2) is 41.9 Å². The van der Waals surface area contributed by atoms with E-state index in [-0.39, 0.29) is 18.4 Å². The predicted molar refractivity (Wildman–Crippen MR) is 122 cm³/mol. The van der Waals surface area contributed by atoms with E-state index in [0.717, 1.165) is 35.5 Å². The molecule has 1 fully saturated rings. The molecule has 1 heterocycles. The number of hydrogen-bond donors (Lipinski definition) is 2. The standard InChI is InChI=1S/C24H32N4O3/c1-4-31-24(30)21-12-8-9-13-22(21)28-17(2)14-19(18(28)3)15-26-27-23(29)16-25-20-10-6-5-7-11-20/h8-9,12-15,20,25H,4-7,10-11,16H2,1-3H3,(H,27,29)/b26-15-. The number of nitrogens with zero attached hydrogens (tertiary/aromatic N) is 2. The molecule has 0 bridgehead atoms. The minimum atomic E-state index is -0.349. The summed E-state index contributed by atoms with van der Waals surface area (Å²) in [5.41, 5.74) is 6.62. The summed E-state index contributed by atoms with van der Waals surface area (Å²) in [6, 6.07) is 9.79. The first-order valence-corrected chi connectivity index (χ1v) is 11.0. The molecule has 0 spiro atoms. The summed E-state index contributed by atoms with van der Waals surface area (Å²) in [7, 11) is 0. The molecule has 0 saturated heterocycles. The highest BCUT2D eigenvalue weighted by atomic mass is 16.5. The van der Waals surface area contributed by atoms with Crippen molar-refractivity contribution in [2.75, 3.05) is 13.2 Å². The number of aromatic nitrogens is 1. The van der Waals surface area contributed by atoms with Crippen LogP contribution in [-0.2, 0) is 9.53 Å². The molecule has 0 atom stereocenters. The maximum absolute atomic E-state index is 12.4. The Labute approximate surface area is 183 Å². The molecule has 1 aliphatic carbocycles. The number of hydrogen-bond acceptors (Lipinski definition) is 5. The zero-order valence-corrected chi connectivity index (χ0v) is 18.6. The topological polar surface area (TPSA) is 84.7 Å². The van der Waals surface area contributed by atoms with Crippen molar-refractivity contribution < 1.29 is 14.3 Å². The first-order valence-electron chi connectivity index (χ1n) is 11.0. The van der Waals surface area contributed by atoms with Crippen LogP contribution in [0.2, 0.25) is 0 Å². The molecule has 1 aliphatic rings. The van der Waals surface area contributed by atoms with Gasteiger partial charge in [0.2, 0.25) is 0 Å². The smallest absolute Gasteiger partial charge is 0.340 e. The molecule has 2 aromatic rings. The van der Waals surface area contributed by atoms with Crippen LogP contribution in [0.4, 0.5) is 0 Å². The number of aryl methyl sites for hydroxylation is 1. The summed E-state index contributed by atoms with van der Waals surface area (Å²) in [4.78, 5) is 24.5.